The van der Waals surface area contributed by atoms with Gasteiger partial charge >= 0.3 is 17.9 Å². The molecule has 33 heavy (non-hydrogen) atoms. The highest BCUT2D eigenvalue weighted by atomic mass is 16.6. The third-order valence-electron chi connectivity index (χ3n) is 9.10. The molecule has 2 saturated carbocycles. The average Bonchev–Trinajstić information content (AvgIpc) is 2.71. The van der Waals surface area contributed by atoms with Crippen molar-refractivity contribution in [1.29, 1.82) is 0 Å². The molecule has 1 aliphatic heterocycles. The van der Waals surface area contributed by atoms with Crippen LogP contribution in [0, 0.1) is 40.4 Å². The van der Waals surface area contributed by atoms with Gasteiger partial charge in [0.1, 0.15) is 18.3 Å². The van der Waals surface area contributed by atoms with E-state index in [2.05, 4.69) is 0 Å². The SMILES string of the molecule is COC1=C[C@@H](C)[C@@H]2C[C@H]3OC(=O)C[C@H]4[C@@H](C)[C@H](OC(C)=O)[C@@H](OC(C)=O)[C@H]([C@@]2(C)C1=O)[C@@]34C. The van der Waals surface area contributed by atoms with Gasteiger partial charge in [0.2, 0.25) is 5.78 Å². The lowest BCUT2D eigenvalue weighted by atomic mass is 9.38. The van der Waals surface area contributed by atoms with Crippen molar-refractivity contribution in [1.82, 2.24) is 0 Å². The van der Waals surface area contributed by atoms with Gasteiger partial charge in [-0.2, -0.15) is 0 Å². The van der Waals surface area contributed by atoms with Crippen molar-refractivity contribution >= 4 is 23.7 Å². The van der Waals surface area contributed by atoms with Crippen LogP contribution in [-0.4, -0.2) is 49.1 Å². The second-order valence-electron chi connectivity index (χ2n) is 10.7. The normalized spacial score (nSPS) is 46.2. The molecule has 4 aliphatic rings. The van der Waals surface area contributed by atoms with Crippen molar-refractivity contribution in [3.05, 3.63) is 11.8 Å². The van der Waals surface area contributed by atoms with Crippen molar-refractivity contribution in [2.24, 2.45) is 40.4 Å². The van der Waals surface area contributed by atoms with Gasteiger partial charge in [0, 0.05) is 42.9 Å². The van der Waals surface area contributed by atoms with Gasteiger partial charge in [-0.25, -0.2) is 0 Å². The first-order valence-electron chi connectivity index (χ1n) is 11.7. The number of hydrogen-bond donors (Lipinski definition) is 0. The Kier molecular flexibility index (Phi) is 5.65. The number of fused-ring (bicyclic) bond motifs is 2. The minimum Gasteiger partial charge on any atom is -0.493 e. The van der Waals surface area contributed by atoms with Crippen molar-refractivity contribution < 1.29 is 38.1 Å². The highest BCUT2D eigenvalue weighted by Crippen LogP contribution is 2.68. The molecule has 0 amide bonds. The fraction of sp³-hybridized carbons (Fsp3) is 0.760. The first-order chi connectivity index (χ1) is 15.4. The number of ketones is 1. The van der Waals surface area contributed by atoms with Gasteiger partial charge in [-0.05, 0) is 30.3 Å². The Morgan fingerprint density at radius 2 is 1.64 bits per heavy atom. The summed E-state index contributed by atoms with van der Waals surface area (Å²) in [6.07, 6.45) is 0.448. The molecule has 3 aliphatic carbocycles. The van der Waals surface area contributed by atoms with Crippen LogP contribution in [0.3, 0.4) is 0 Å². The molecule has 0 N–H and O–H groups in total. The summed E-state index contributed by atoms with van der Waals surface area (Å²) in [5.41, 5.74) is -1.62. The van der Waals surface area contributed by atoms with E-state index >= 15 is 0 Å². The lowest BCUT2D eigenvalue weighted by Gasteiger charge is -2.68. The quantitative estimate of drug-likeness (QED) is 0.466. The maximum Gasteiger partial charge on any atom is 0.306 e. The van der Waals surface area contributed by atoms with Crippen LogP contribution >= 0.6 is 0 Å². The summed E-state index contributed by atoms with van der Waals surface area (Å²) in [5, 5.41) is 0. The second kappa shape index (κ2) is 7.84. The Morgan fingerprint density at radius 3 is 2.21 bits per heavy atom. The first-order valence-corrected chi connectivity index (χ1v) is 11.7. The van der Waals surface area contributed by atoms with Crippen LogP contribution in [0.2, 0.25) is 0 Å². The van der Waals surface area contributed by atoms with E-state index in [1.165, 1.54) is 21.0 Å². The molecule has 0 bridgehead atoms. The minimum absolute atomic E-state index is 0.0317. The van der Waals surface area contributed by atoms with Crippen LogP contribution in [-0.2, 0) is 38.1 Å². The molecule has 1 heterocycles. The van der Waals surface area contributed by atoms with Crippen molar-refractivity contribution in [3.8, 4) is 0 Å². The van der Waals surface area contributed by atoms with Gasteiger partial charge in [0.15, 0.2) is 5.76 Å². The highest BCUT2D eigenvalue weighted by molar-refractivity contribution is 6.00. The third kappa shape index (κ3) is 3.23. The summed E-state index contributed by atoms with van der Waals surface area (Å²) in [6.45, 7) is 10.5. The zero-order valence-electron chi connectivity index (χ0n) is 20.4. The fourth-order valence-electron chi connectivity index (χ4n) is 7.84. The third-order valence-corrected chi connectivity index (χ3v) is 9.10. The van der Waals surface area contributed by atoms with E-state index < -0.39 is 47.0 Å². The van der Waals surface area contributed by atoms with Gasteiger partial charge in [-0.1, -0.05) is 27.7 Å². The largest absolute Gasteiger partial charge is 0.493 e. The number of carbonyl (C=O) groups excluding carboxylic acids is 4. The number of allylic oxidation sites excluding steroid dienone is 2. The molecule has 0 aromatic carbocycles. The highest BCUT2D eigenvalue weighted by Gasteiger charge is 2.74. The van der Waals surface area contributed by atoms with Crippen molar-refractivity contribution in [2.45, 2.75) is 72.7 Å². The van der Waals surface area contributed by atoms with Gasteiger partial charge in [0.25, 0.3) is 0 Å². The maximum absolute atomic E-state index is 13.9. The van der Waals surface area contributed by atoms with E-state index in [0.717, 1.165) is 0 Å². The van der Waals surface area contributed by atoms with Crippen molar-refractivity contribution in [3.63, 3.8) is 0 Å². The molecular formula is C25H34O8. The number of hydrogen-bond acceptors (Lipinski definition) is 8. The minimum atomic E-state index is -0.967. The number of ether oxygens (including phenoxy) is 4. The van der Waals surface area contributed by atoms with Gasteiger partial charge < -0.3 is 18.9 Å². The zero-order chi connectivity index (χ0) is 24.5. The maximum atomic E-state index is 13.9. The van der Waals surface area contributed by atoms with Crippen LogP contribution in [0.4, 0.5) is 0 Å². The molecule has 0 spiro atoms. The smallest absolute Gasteiger partial charge is 0.306 e. The lowest BCUT2D eigenvalue weighted by Crippen LogP contribution is -2.74. The summed E-state index contributed by atoms with van der Waals surface area (Å²) >= 11 is 0. The van der Waals surface area contributed by atoms with E-state index in [4.69, 9.17) is 18.9 Å². The predicted molar refractivity (Wildman–Crippen MR) is 115 cm³/mol. The first kappa shape index (κ1) is 23.8. The number of carbonyl (C=O) groups is 4. The average molecular weight is 463 g/mol. The van der Waals surface area contributed by atoms with Crippen LogP contribution in [0.15, 0.2) is 11.8 Å². The standard InChI is InChI=1S/C25H34O8/c1-11-8-17(30-7)23(29)25(6)15(11)9-18-24(5)16(10-19(28)33-18)12(2)20(31-13(3)26)21(22(24)25)32-14(4)27/h8,11-12,15-16,18,20-22H,9-10H2,1-7H3/t11-,12-,15+,16+,18-,20+,21-,22+,24-,25+/m1/s1. The Morgan fingerprint density at radius 1 is 1.03 bits per heavy atom. The van der Waals surface area contributed by atoms with Crippen molar-refractivity contribution in [2.75, 3.05) is 7.11 Å². The molecule has 0 aromatic rings. The molecule has 0 unspecified atom stereocenters. The number of esters is 3. The van der Waals surface area contributed by atoms with E-state index in [0.29, 0.717) is 6.42 Å². The number of methoxy groups -OCH3 is 1. The molecule has 4 rings (SSSR count). The topological polar surface area (TPSA) is 105 Å². The van der Waals surface area contributed by atoms with E-state index in [9.17, 15) is 19.2 Å². The molecule has 3 fully saturated rings. The van der Waals surface area contributed by atoms with Crippen LogP contribution in [0.5, 0.6) is 0 Å². The van der Waals surface area contributed by atoms with Crippen LogP contribution < -0.4 is 0 Å². The van der Waals surface area contributed by atoms with E-state index in [1.54, 1.807) is 0 Å². The molecule has 182 valence electrons. The molecule has 0 aromatic heterocycles. The van der Waals surface area contributed by atoms with Gasteiger partial charge in [-0.15, -0.1) is 0 Å². The molecule has 8 nitrogen and oxygen atoms in total. The Bertz CT molecular complexity index is 923. The fourth-order valence-corrected chi connectivity index (χ4v) is 7.84. The molecule has 1 saturated heterocycles. The predicted octanol–water partition coefficient (Wildman–Crippen LogP) is 2.83. The molecular weight excluding hydrogens is 428 g/mol. The summed E-state index contributed by atoms with van der Waals surface area (Å²) < 4.78 is 23.1. The Labute approximate surface area is 194 Å². The zero-order valence-corrected chi connectivity index (χ0v) is 20.4. The monoisotopic (exact) mass is 462 g/mol. The summed E-state index contributed by atoms with van der Waals surface area (Å²) in [6, 6.07) is 0. The van der Waals surface area contributed by atoms with E-state index in [1.807, 2.05) is 33.8 Å². The van der Waals surface area contributed by atoms with Crippen LogP contribution in [0.25, 0.3) is 0 Å². The Balaban J connectivity index is 1.97. The summed E-state index contributed by atoms with van der Waals surface area (Å²) in [5.74, 6) is -2.37. The molecule has 8 heteroatoms. The number of Topliss-reactive ketones (excluding diaryl/α,β-unsaturated/α-hetero) is 1. The van der Waals surface area contributed by atoms with E-state index in [-0.39, 0.29) is 47.6 Å². The molecule has 10 atom stereocenters. The lowest BCUT2D eigenvalue weighted by molar-refractivity contribution is -0.282. The van der Waals surface area contributed by atoms with Gasteiger partial charge in [-0.3, -0.25) is 19.2 Å². The Hall–Kier alpha value is -2.38. The second-order valence-corrected chi connectivity index (χ2v) is 10.7. The number of rotatable bonds is 3. The summed E-state index contributed by atoms with van der Waals surface area (Å²) in [7, 11) is 1.48. The van der Waals surface area contributed by atoms with Crippen LogP contribution in [0.1, 0.15) is 54.4 Å². The summed E-state index contributed by atoms with van der Waals surface area (Å²) in [4.78, 5) is 51.0. The van der Waals surface area contributed by atoms with Gasteiger partial charge in [0.05, 0.1) is 7.11 Å². The molecule has 0 radical (unpaired) electrons.